The van der Waals surface area contributed by atoms with Crippen LogP contribution in [0.15, 0.2) is 60.8 Å². The number of fused-ring (bicyclic) bond motifs is 1. The number of phenolic OH excluding ortho intramolecular Hbond substituents is 1. The average Bonchev–Trinajstić information content (AvgIpc) is 3.14. The Labute approximate surface area is 185 Å². The number of halogens is 3. The van der Waals surface area contributed by atoms with E-state index in [1.165, 1.54) is 24.4 Å². The molecule has 0 aliphatic heterocycles. The number of benzene rings is 3. The van der Waals surface area contributed by atoms with E-state index < -0.39 is 11.8 Å². The Hall–Kier alpha value is -3.06. The number of nitrogens with zero attached hydrogens (tertiary/aromatic N) is 2. The Morgan fingerprint density at radius 1 is 0.967 bits per heavy atom. The lowest BCUT2D eigenvalue weighted by Crippen LogP contribution is -2.15. The molecule has 1 heterocycles. The smallest absolute Gasteiger partial charge is 0.281 e. The second kappa shape index (κ2) is 7.99. The summed E-state index contributed by atoms with van der Waals surface area (Å²) in [6, 6.07) is 13.9. The fourth-order valence-electron chi connectivity index (χ4n) is 3.01. The monoisotopic (exact) mass is 459 g/mol. The van der Waals surface area contributed by atoms with E-state index in [-0.39, 0.29) is 26.9 Å². The van der Waals surface area contributed by atoms with E-state index in [0.29, 0.717) is 21.6 Å². The van der Waals surface area contributed by atoms with Crippen LogP contribution in [0.4, 0.5) is 5.69 Å². The summed E-state index contributed by atoms with van der Waals surface area (Å²) in [4.78, 5) is 25.6. The molecule has 0 bridgehead atoms. The van der Waals surface area contributed by atoms with Gasteiger partial charge in [0.15, 0.2) is 0 Å². The van der Waals surface area contributed by atoms with Crippen LogP contribution in [0.2, 0.25) is 15.1 Å². The second-order valence-electron chi connectivity index (χ2n) is 6.31. The molecule has 9 heteroatoms. The van der Waals surface area contributed by atoms with Gasteiger partial charge in [0.25, 0.3) is 11.8 Å². The van der Waals surface area contributed by atoms with E-state index >= 15 is 0 Å². The molecule has 1 amide bonds. The molecule has 6 nitrogen and oxygen atoms in total. The average molecular weight is 461 g/mol. The van der Waals surface area contributed by atoms with Crippen LogP contribution in [0.1, 0.15) is 20.7 Å². The van der Waals surface area contributed by atoms with Crippen LogP contribution >= 0.6 is 34.8 Å². The van der Waals surface area contributed by atoms with Crippen LogP contribution in [0.3, 0.4) is 0 Å². The van der Waals surface area contributed by atoms with Gasteiger partial charge in [0, 0.05) is 10.4 Å². The van der Waals surface area contributed by atoms with E-state index in [0.717, 1.165) is 4.68 Å². The van der Waals surface area contributed by atoms with E-state index in [1.807, 2.05) is 0 Å². The number of aromatic nitrogens is 2. The van der Waals surface area contributed by atoms with Crippen LogP contribution < -0.4 is 5.32 Å². The Bertz CT molecular complexity index is 1300. The highest BCUT2D eigenvalue weighted by atomic mass is 35.5. The van der Waals surface area contributed by atoms with Gasteiger partial charge >= 0.3 is 0 Å². The Morgan fingerprint density at radius 2 is 1.67 bits per heavy atom. The lowest BCUT2D eigenvalue weighted by Gasteiger charge is -2.09. The topological polar surface area (TPSA) is 84.2 Å². The molecule has 0 atom stereocenters. The Morgan fingerprint density at radius 3 is 2.40 bits per heavy atom. The van der Waals surface area contributed by atoms with E-state index in [1.54, 1.807) is 36.4 Å². The highest BCUT2D eigenvalue weighted by molar-refractivity contribution is 6.40. The molecule has 30 heavy (non-hydrogen) atoms. The van der Waals surface area contributed by atoms with Crippen molar-refractivity contribution in [2.45, 2.75) is 0 Å². The third kappa shape index (κ3) is 3.61. The van der Waals surface area contributed by atoms with Crippen molar-refractivity contribution in [2.75, 3.05) is 5.32 Å². The number of anilines is 1. The first-order chi connectivity index (χ1) is 14.4. The van der Waals surface area contributed by atoms with E-state index in [9.17, 15) is 14.7 Å². The normalized spacial score (nSPS) is 10.9. The molecule has 0 spiro atoms. The van der Waals surface area contributed by atoms with Gasteiger partial charge in [-0.3, -0.25) is 9.59 Å². The molecule has 0 aliphatic rings. The number of hydrogen-bond acceptors (Lipinski definition) is 4. The van der Waals surface area contributed by atoms with Gasteiger partial charge in [-0.25, -0.2) is 0 Å². The maximum Gasteiger partial charge on any atom is 0.281 e. The molecule has 0 saturated carbocycles. The molecule has 0 radical (unpaired) electrons. The Kier molecular flexibility index (Phi) is 5.39. The highest BCUT2D eigenvalue weighted by Gasteiger charge is 2.21. The molecule has 4 rings (SSSR count). The van der Waals surface area contributed by atoms with Gasteiger partial charge < -0.3 is 10.4 Å². The van der Waals surface area contributed by atoms with Crippen molar-refractivity contribution in [3.05, 3.63) is 87.0 Å². The predicted octanol–water partition coefficient (Wildman–Crippen LogP) is 5.64. The minimum absolute atomic E-state index is 0.0193. The molecular weight excluding hydrogens is 449 g/mol. The fourth-order valence-corrected chi connectivity index (χ4v) is 3.74. The summed E-state index contributed by atoms with van der Waals surface area (Å²) < 4.78 is 1.16. The first-order valence-electron chi connectivity index (χ1n) is 8.62. The standard InChI is InChI=1S/C21H12Cl3N3O3/c22-11-7-8-18(28)12(9-11)20(29)26-16-5-2-6-17-13(16)10-25-27(17)21(30)19-14(23)3-1-4-15(19)24/h1-10,28H,(H,26,29). The van der Waals surface area contributed by atoms with Crippen molar-refractivity contribution < 1.29 is 14.7 Å². The van der Waals surface area contributed by atoms with Gasteiger partial charge in [-0.05, 0) is 42.5 Å². The number of nitrogens with one attached hydrogen (secondary N) is 1. The molecule has 0 saturated heterocycles. The largest absolute Gasteiger partial charge is 0.507 e. The lowest BCUT2D eigenvalue weighted by atomic mass is 10.1. The summed E-state index contributed by atoms with van der Waals surface area (Å²) >= 11 is 18.2. The minimum atomic E-state index is -0.560. The highest BCUT2D eigenvalue weighted by Crippen LogP contribution is 2.29. The van der Waals surface area contributed by atoms with Crippen molar-refractivity contribution in [2.24, 2.45) is 0 Å². The zero-order chi connectivity index (χ0) is 21.4. The maximum atomic E-state index is 13.0. The summed E-state index contributed by atoms with van der Waals surface area (Å²) in [7, 11) is 0. The quantitative estimate of drug-likeness (QED) is 0.414. The van der Waals surface area contributed by atoms with Crippen LogP contribution in [0, 0.1) is 0 Å². The van der Waals surface area contributed by atoms with Gasteiger partial charge in [0.2, 0.25) is 0 Å². The summed E-state index contributed by atoms with van der Waals surface area (Å²) in [6.45, 7) is 0. The fraction of sp³-hybridized carbons (Fsp3) is 0. The van der Waals surface area contributed by atoms with Gasteiger partial charge in [0.05, 0.1) is 38.6 Å². The molecule has 0 unspecified atom stereocenters. The van der Waals surface area contributed by atoms with Crippen LogP contribution in [0.5, 0.6) is 5.75 Å². The predicted molar refractivity (Wildman–Crippen MR) is 117 cm³/mol. The zero-order valence-electron chi connectivity index (χ0n) is 15.1. The number of carbonyl (C=O) groups is 2. The number of phenols is 1. The van der Waals surface area contributed by atoms with Crippen molar-refractivity contribution in [1.29, 1.82) is 0 Å². The van der Waals surface area contributed by atoms with E-state index in [4.69, 9.17) is 34.8 Å². The van der Waals surface area contributed by atoms with E-state index in [2.05, 4.69) is 10.4 Å². The molecule has 2 N–H and O–H groups in total. The molecule has 4 aromatic rings. The molecule has 0 aliphatic carbocycles. The van der Waals surface area contributed by atoms with Crippen molar-refractivity contribution in [3.8, 4) is 5.75 Å². The molecule has 150 valence electrons. The minimum Gasteiger partial charge on any atom is -0.507 e. The van der Waals surface area contributed by atoms with Gasteiger partial charge in [-0.15, -0.1) is 0 Å². The summed E-state index contributed by atoms with van der Waals surface area (Å²) in [6.07, 6.45) is 1.45. The van der Waals surface area contributed by atoms with Crippen LogP contribution in [-0.4, -0.2) is 26.7 Å². The van der Waals surface area contributed by atoms with Gasteiger partial charge in [-0.1, -0.05) is 46.9 Å². The first kappa shape index (κ1) is 20.2. The van der Waals surface area contributed by atoms with Crippen molar-refractivity contribution in [1.82, 2.24) is 9.78 Å². The van der Waals surface area contributed by atoms with Gasteiger partial charge in [-0.2, -0.15) is 9.78 Å². The number of aromatic hydroxyl groups is 1. The lowest BCUT2D eigenvalue weighted by molar-refractivity contribution is 0.0950. The third-order valence-corrected chi connectivity index (χ3v) is 5.30. The summed E-state index contributed by atoms with van der Waals surface area (Å²) in [5, 5.41) is 18.0. The number of rotatable bonds is 3. The molecule has 1 aromatic heterocycles. The summed E-state index contributed by atoms with van der Waals surface area (Å²) in [5.41, 5.74) is 1.00. The van der Waals surface area contributed by atoms with Crippen molar-refractivity contribution >= 4 is 63.2 Å². The van der Waals surface area contributed by atoms with Crippen LogP contribution in [0.25, 0.3) is 10.9 Å². The summed E-state index contributed by atoms with van der Waals surface area (Å²) in [5.74, 6) is -1.27. The maximum absolute atomic E-state index is 13.0. The zero-order valence-corrected chi connectivity index (χ0v) is 17.3. The Balaban J connectivity index is 1.73. The SMILES string of the molecule is O=C(Nc1cccc2c1cnn2C(=O)c1c(Cl)cccc1Cl)c1cc(Cl)ccc1O. The second-order valence-corrected chi connectivity index (χ2v) is 7.56. The van der Waals surface area contributed by atoms with Crippen LogP contribution in [-0.2, 0) is 0 Å². The molecule has 3 aromatic carbocycles. The molecule has 0 fully saturated rings. The number of amides is 1. The molecular formula is C21H12Cl3N3O3. The first-order valence-corrected chi connectivity index (χ1v) is 9.75. The van der Waals surface area contributed by atoms with Crippen molar-refractivity contribution in [3.63, 3.8) is 0 Å². The third-order valence-electron chi connectivity index (χ3n) is 4.43. The number of hydrogen-bond donors (Lipinski definition) is 2. The number of carbonyl (C=O) groups excluding carboxylic acids is 2. The van der Waals surface area contributed by atoms with Gasteiger partial charge in [0.1, 0.15) is 5.75 Å².